The molecule has 116 valence electrons. The number of aryl methyl sites for hydroxylation is 1. The molecule has 0 aliphatic heterocycles. The maximum absolute atomic E-state index is 13.8. The van der Waals surface area contributed by atoms with Crippen LogP contribution in [0.5, 0.6) is 0 Å². The average molecular weight is 309 g/mol. The summed E-state index contributed by atoms with van der Waals surface area (Å²) in [6.45, 7) is 1.94. The summed E-state index contributed by atoms with van der Waals surface area (Å²) in [7, 11) is 0. The minimum Gasteiger partial charge on any atom is -0.478 e. The second-order valence-corrected chi connectivity index (χ2v) is 5.10. The number of carbonyl (C=O) groups is 1. The third-order valence-corrected chi connectivity index (χ3v) is 3.55. The van der Waals surface area contributed by atoms with Crippen molar-refractivity contribution < 1.29 is 14.3 Å². The Morgan fingerprint density at radius 1 is 1.30 bits per heavy atom. The number of carboxylic acid groups (broad SMARTS) is 1. The number of benzene rings is 2. The average Bonchev–Trinajstić information content (AvgIpc) is 2.54. The first-order valence-electron chi connectivity index (χ1n) is 7.24. The Labute approximate surface area is 134 Å². The minimum absolute atomic E-state index is 0.0603. The van der Waals surface area contributed by atoms with E-state index < -0.39 is 11.8 Å². The first-order chi connectivity index (χ1) is 11.1. The van der Waals surface area contributed by atoms with Crippen LogP contribution in [0, 0.1) is 17.1 Å². The van der Waals surface area contributed by atoms with Gasteiger partial charge in [0.25, 0.3) is 0 Å². The predicted octanol–water partition coefficient (Wildman–Crippen LogP) is 4.57. The molecule has 2 aromatic carbocycles. The van der Waals surface area contributed by atoms with Gasteiger partial charge in [-0.2, -0.15) is 5.26 Å². The van der Waals surface area contributed by atoms with Gasteiger partial charge >= 0.3 is 5.97 Å². The maximum Gasteiger partial charge on any atom is 0.336 e. The van der Waals surface area contributed by atoms with Crippen molar-refractivity contribution in [2.75, 3.05) is 0 Å². The molecule has 0 amide bonds. The monoisotopic (exact) mass is 309 g/mol. The maximum atomic E-state index is 13.8. The van der Waals surface area contributed by atoms with Crippen LogP contribution in [0.4, 0.5) is 4.39 Å². The molecule has 0 aliphatic rings. The molecule has 0 unspecified atom stereocenters. The van der Waals surface area contributed by atoms with Gasteiger partial charge in [0.1, 0.15) is 11.9 Å². The summed E-state index contributed by atoms with van der Waals surface area (Å²) in [6.07, 6.45) is 5.62. The van der Waals surface area contributed by atoms with Crippen molar-refractivity contribution in [2.45, 2.75) is 19.8 Å². The molecule has 0 bridgehead atoms. The molecule has 0 fully saturated rings. The zero-order valence-corrected chi connectivity index (χ0v) is 12.7. The van der Waals surface area contributed by atoms with Crippen molar-refractivity contribution in [1.82, 2.24) is 0 Å². The van der Waals surface area contributed by atoms with Crippen LogP contribution >= 0.6 is 0 Å². The van der Waals surface area contributed by atoms with Crippen molar-refractivity contribution in [3.63, 3.8) is 0 Å². The van der Waals surface area contributed by atoms with E-state index >= 15 is 0 Å². The molecule has 3 nitrogen and oxygen atoms in total. The van der Waals surface area contributed by atoms with Crippen molar-refractivity contribution in [1.29, 1.82) is 5.26 Å². The number of nitriles is 1. The van der Waals surface area contributed by atoms with Crippen LogP contribution in [0.2, 0.25) is 0 Å². The lowest BCUT2D eigenvalue weighted by Gasteiger charge is -2.10. The Bertz CT molecular complexity index is 804. The fraction of sp³-hybridized carbons (Fsp3) is 0.158. The fourth-order valence-corrected chi connectivity index (χ4v) is 2.36. The van der Waals surface area contributed by atoms with E-state index in [4.69, 9.17) is 5.26 Å². The molecule has 2 rings (SSSR count). The topological polar surface area (TPSA) is 61.1 Å². The van der Waals surface area contributed by atoms with Gasteiger partial charge in [-0.25, -0.2) is 9.18 Å². The smallest absolute Gasteiger partial charge is 0.336 e. The Morgan fingerprint density at radius 3 is 2.70 bits per heavy atom. The van der Waals surface area contributed by atoms with Gasteiger partial charge in [0.2, 0.25) is 0 Å². The highest BCUT2D eigenvalue weighted by Crippen LogP contribution is 2.27. The van der Waals surface area contributed by atoms with Gasteiger partial charge in [-0.1, -0.05) is 30.4 Å². The Hall–Kier alpha value is -2.93. The molecule has 0 saturated carbocycles. The van der Waals surface area contributed by atoms with Crippen molar-refractivity contribution in [2.24, 2.45) is 0 Å². The van der Waals surface area contributed by atoms with Gasteiger partial charge in [0, 0.05) is 0 Å². The molecule has 2 aromatic rings. The van der Waals surface area contributed by atoms with E-state index in [9.17, 15) is 14.3 Å². The summed E-state index contributed by atoms with van der Waals surface area (Å²) in [6, 6.07) is 11.0. The van der Waals surface area contributed by atoms with Crippen LogP contribution in [0.1, 0.15) is 34.8 Å². The number of hydrogen-bond donors (Lipinski definition) is 1. The molecule has 0 aromatic heterocycles. The van der Waals surface area contributed by atoms with Crippen molar-refractivity contribution in [3.05, 3.63) is 71.1 Å². The SMILES string of the molecule is CC=CCCc1ccc(C(=O)O)c(-c2ccc(C#N)c(F)c2)c1. The van der Waals surface area contributed by atoms with Crippen molar-refractivity contribution in [3.8, 4) is 17.2 Å². The van der Waals surface area contributed by atoms with E-state index in [1.54, 1.807) is 30.3 Å². The molecule has 1 N–H and O–H groups in total. The minimum atomic E-state index is -1.07. The second-order valence-electron chi connectivity index (χ2n) is 5.10. The van der Waals surface area contributed by atoms with E-state index in [0.29, 0.717) is 11.1 Å². The molecule has 0 radical (unpaired) electrons. The van der Waals surface area contributed by atoms with Gasteiger partial charge in [-0.15, -0.1) is 0 Å². The summed E-state index contributed by atoms with van der Waals surface area (Å²) in [5, 5.41) is 18.1. The summed E-state index contributed by atoms with van der Waals surface area (Å²) < 4.78 is 13.8. The third kappa shape index (κ3) is 3.83. The number of rotatable bonds is 5. The normalized spacial score (nSPS) is 10.7. The molecular weight excluding hydrogens is 293 g/mol. The van der Waals surface area contributed by atoms with Gasteiger partial charge in [-0.05, 0) is 54.7 Å². The van der Waals surface area contributed by atoms with Gasteiger partial charge in [0.15, 0.2) is 0 Å². The predicted molar refractivity (Wildman–Crippen MR) is 86.6 cm³/mol. The summed E-state index contributed by atoms with van der Waals surface area (Å²) in [5.74, 6) is -1.72. The molecule has 0 heterocycles. The van der Waals surface area contributed by atoms with Gasteiger partial charge in [-0.3, -0.25) is 0 Å². The zero-order valence-electron chi connectivity index (χ0n) is 12.7. The van der Waals surface area contributed by atoms with Crippen LogP contribution < -0.4 is 0 Å². The first-order valence-corrected chi connectivity index (χ1v) is 7.24. The Balaban J connectivity index is 2.49. The molecule has 0 saturated heterocycles. The Morgan fingerprint density at radius 2 is 2.09 bits per heavy atom. The van der Waals surface area contributed by atoms with E-state index in [2.05, 4.69) is 0 Å². The summed E-state index contributed by atoms with van der Waals surface area (Å²) in [4.78, 5) is 11.4. The quantitative estimate of drug-likeness (QED) is 0.823. The number of carboxylic acids is 1. The largest absolute Gasteiger partial charge is 0.478 e. The third-order valence-electron chi connectivity index (χ3n) is 3.55. The number of allylic oxidation sites excluding steroid dienone is 2. The Kier molecular flexibility index (Phi) is 5.27. The molecular formula is C19H16FNO2. The van der Waals surface area contributed by atoms with Crippen LogP contribution in [0.25, 0.3) is 11.1 Å². The summed E-state index contributed by atoms with van der Waals surface area (Å²) >= 11 is 0. The highest BCUT2D eigenvalue weighted by Gasteiger charge is 2.14. The first kappa shape index (κ1) is 16.4. The van der Waals surface area contributed by atoms with Crippen LogP contribution in [0.3, 0.4) is 0 Å². The van der Waals surface area contributed by atoms with Gasteiger partial charge < -0.3 is 5.11 Å². The summed E-state index contributed by atoms with van der Waals surface area (Å²) in [5.41, 5.74) is 1.94. The lowest BCUT2D eigenvalue weighted by atomic mass is 9.95. The van der Waals surface area contributed by atoms with Gasteiger partial charge in [0.05, 0.1) is 11.1 Å². The van der Waals surface area contributed by atoms with E-state index in [0.717, 1.165) is 18.4 Å². The number of aromatic carboxylic acids is 1. The zero-order chi connectivity index (χ0) is 16.8. The standard InChI is InChI=1S/C19H16FNO2/c1-2-3-4-5-13-6-9-16(19(22)23)17(10-13)14-7-8-15(12-21)18(20)11-14/h2-3,6-11H,4-5H2,1H3,(H,22,23). The second kappa shape index (κ2) is 7.37. The van der Waals surface area contributed by atoms with Crippen LogP contribution in [0.15, 0.2) is 48.6 Å². The number of hydrogen-bond acceptors (Lipinski definition) is 2. The van der Waals surface area contributed by atoms with E-state index in [1.807, 2.05) is 19.1 Å². The van der Waals surface area contributed by atoms with Crippen molar-refractivity contribution >= 4 is 5.97 Å². The highest BCUT2D eigenvalue weighted by atomic mass is 19.1. The highest BCUT2D eigenvalue weighted by molar-refractivity contribution is 5.96. The molecule has 0 atom stereocenters. The van der Waals surface area contributed by atoms with E-state index in [1.165, 1.54) is 12.1 Å². The fourth-order valence-electron chi connectivity index (χ4n) is 2.36. The molecule has 4 heteroatoms. The van der Waals surface area contributed by atoms with Crippen LogP contribution in [-0.2, 0) is 6.42 Å². The molecule has 0 aliphatic carbocycles. The number of halogens is 1. The molecule has 23 heavy (non-hydrogen) atoms. The van der Waals surface area contributed by atoms with E-state index in [-0.39, 0.29) is 11.1 Å². The lowest BCUT2D eigenvalue weighted by molar-refractivity contribution is 0.0697. The van der Waals surface area contributed by atoms with Crippen LogP contribution in [-0.4, -0.2) is 11.1 Å². The lowest BCUT2D eigenvalue weighted by Crippen LogP contribution is -2.01. The molecule has 0 spiro atoms. The number of nitrogens with zero attached hydrogens (tertiary/aromatic N) is 1.